The molecule has 0 fully saturated rings. The molecule has 26 heavy (non-hydrogen) atoms. The maximum atomic E-state index is 5.88. The van der Waals surface area contributed by atoms with Crippen molar-refractivity contribution in [1.82, 2.24) is 0 Å². The van der Waals surface area contributed by atoms with Crippen molar-refractivity contribution in [2.75, 3.05) is 61.9 Å². The summed E-state index contributed by atoms with van der Waals surface area (Å²) < 4.78 is 1.02. The fourth-order valence-electron chi connectivity index (χ4n) is 2.94. The maximum Gasteiger partial charge on any atom is 0.0960 e. The van der Waals surface area contributed by atoms with Crippen LogP contribution in [0.3, 0.4) is 0 Å². The highest BCUT2D eigenvalue weighted by Gasteiger charge is 2.18. The number of quaternary nitrogens is 1. The molecule has 0 unspecified atom stereocenters. The van der Waals surface area contributed by atoms with Gasteiger partial charge in [-0.1, -0.05) is 0 Å². The van der Waals surface area contributed by atoms with Crippen molar-refractivity contribution in [3.8, 4) is 0 Å². The molecule has 0 bridgehead atoms. The molecule has 142 valence electrons. The van der Waals surface area contributed by atoms with E-state index < -0.39 is 0 Å². The molecule has 0 aliphatic rings. The van der Waals surface area contributed by atoms with Crippen LogP contribution in [0.15, 0.2) is 36.4 Å². The lowest BCUT2D eigenvalue weighted by Crippen LogP contribution is -2.49. The molecule has 0 spiro atoms. The van der Waals surface area contributed by atoms with Gasteiger partial charge >= 0.3 is 0 Å². The first kappa shape index (κ1) is 19.9. The topological polar surface area (TPSA) is 76.1 Å². The SMILES string of the molecule is CC[N+](C)(CCNc1ccc(N)c(C)c1)CCNc1ccc(N)c(C)c1. The Bertz CT molecular complexity index is 669. The molecule has 0 aromatic heterocycles. The minimum absolute atomic E-state index is 0.841. The summed E-state index contributed by atoms with van der Waals surface area (Å²) in [5.41, 5.74) is 18.0. The van der Waals surface area contributed by atoms with Gasteiger partial charge < -0.3 is 26.6 Å². The highest BCUT2D eigenvalue weighted by Crippen LogP contribution is 2.17. The zero-order valence-electron chi connectivity index (χ0n) is 16.6. The third-order valence-electron chi connectivity index (χ3n) is 5.26. The van der Waals surface area contributed by atoms with Crippen LogP contribution in [0.5, 0.6) is 0 Å². The number of nitrogen functional groups attached to an aromatic ring is 2. The second-order valence-electron chi connectivity index (χ2n) is 7.38. The fourth-order valence-corrected chi connectivity index (χ4v) is 2.94. The first-order valence-corrected chi connectivity index (χ1v) is 9.36. The molecule has 6 N–H and O–H groups in total. The van der Waals surface area contributed by atoms with E-state index >= 15 is 0 Å². The summed E-state index contributed by atoms with van der Waals surface area (Å²) in [6.07, 6.45) is 0. The normalized spacial score (nSPS) is 11.4. The van der Waals surface area contributed by atoms with Gasteiger partial charge in [-0.3, -0.25) is 0 Å². The molecule has 0 aliphatic heterocycles. The Kier molecular flexibility index (Phi) is 6.75. The minimum Gasteiger partial charge on any atom is -0.399 e. The molecule has 2 aromatic carbocycles. The number of benzene rings is 2. The van der Waals surface area contributed by atoms with E-state index in [1.54, 1.807) is 0 Å². The Balaban J connectivity index is 1.81. The van der Waals surface area contributed by atoms with Crippen LogP contribution in [0.2, 0.25) is 0 Å². The average molecular weight is 357 g/mol. The Morgan fingerprint density at radius 3 is 1.58 bits per heavy atom. The van der Waals surface area contributed by atoms with E-state index in [2.05, 4.69) is 36.7 Å². The second kappa shape index (κ2) is 8.81. The Morgan fingerprint density at radius 1 is 0.808 bits per heavy atom. The lowest BCUT2D eigenvalue weighted by molar-refractivity contribution is -0.904. The highest BCUT2D eigenvalue weighted by atomic mass is 15.3. The van der Waals surface area contributed by atoms with Crippen molar-refractivity contribution in [1.29, 1.82) is 0 Å². The molecule has 0 amide bonds. The van der Waals surface area contributed by atoms with Gasteiger partial charge in [0.1, 0.15) is 0 Å². The van der Waals surface area contributed by atoms with Crippen LogP contribution in [-0.4, -0.2) is 44.3 Å². The largest absolute Gasteiger partial charge is 0.399 e. The molecule has 0 radical (unpaired) electrons. The molecule has 5 nitrogen and oxygen atoms in total. The number of hydrogen-bond donors (Lipinski definition) is 4. The summed E-state index contributed by atoms with van der Waals surface area (Å²) in [4.78, 5) is 0. The van der Waals surface area contributed by atoms with Gasteiger partial charge in [-0.25, -0.2) is 0 Å². The van der Waals surface area contributed by atoms with Crippen molar-refractivity contribution in [3.05, 3.63) is 47.5 Å². The smallest absolute Gasteiger partial charge is 0.0960 e. The molecule has 2 rings (SSSR count). The van der Waals surface area contributed by atoms with Crippen molar-refractivity contribution < 1.29 is 4.48 Å². The Morgan fingerprint density at radius 2 is 1.23 bits per heavy atom. The number of rotatable bonds is 9. The molecule has 0 saturated carbocycles. The molecule has 5 heteroatoms. The zero-order chi connectivity index (χ0) is 19.2. The third-order valence-corrected chi connectivity index (χ3v) is 5.26. The van der Waals surface area contributed by atoms with Gasteiger partial charge in [-0.2, -0.15) is 0 Å². The van der Waals surface area contributed by atoms with Gasteiger partial charge in [-0.05, 0) is 68.3 Å². The number of nitrogens with zero attached hydrogens (tertiary/aromatic N) is 1. The summed E-state index contributed by atoms with van der Waals surface area (Å²) in [5, 5.41) is 7.04. The minimum atomic E-state index is 0.841. The molecule has 0 atom stereocenters. The first-order chi connectivity index (χ1) is 12.3. The molecule has 0 saturated heterocycles. The van der Waals surface area contributed by atoms with E-state index in [1.807, 2.05) is 38.1 Å². The lowest BCUT2D eigenvalue weighted by atomic mass is 10.2. The molecular weight excluding hydrogens is 322 g/mol. The number of nitrogens with one attached hydrogen (secondary N) is 2. The lowest BCUT2D eigenvalue weighted by Gasteiger charge is -2.34. The molecular formula is C21H34N5+. The standard InChI is InChI=1S/C21H34N5/c1-5-26(4,12-10-24-18-6-8-20(22)16(2)14-18)13-11-25-19-7-9-21(23)17(3)15-19/h6-9,14-15,24-25H,5,10-13,22-23H2,1-4H3/q+1. The quantitative estimate of drug-likeness (QED) is 0.410. The van der Waals surface area contributed by atoms with Crippen LogP contribution in [0.25, 0.3) is 0 Å². The van der Waals surface area contributed by atoms with Gasteiger partial charge in [-0.15, -0.1) is 0 Å². The summed E-state index contributed by atoms with van der Waals surface area (Å²) in [7, 11) is 2.31. The number of aryl methyl sites for hydroxylation is 2. The predicted molar refractivity (Wildman–Crippen MR) is 115 cm³/mol. The first-order valence-electron chi connectivity index (χ1n) is 9.36. The predicted octanol–water partition coefficient (Wildman–Crippen LogP) is 3.46. The maximum absolute atomic E-state index is 5.88. The van der Waals surface area contributed by atoms with Crippen LogP contribution >= 0.6 is 0 Å². The van der Waals surface area contributed by atoms with Crippen molar-refractivity contribution in [2.24, 2.45) is 0 Å². The van der Waals surface area contributed by atoms with Gasteiger partial charge in [0.15, 0.2) is 0 Å². The number of anilines is 4. The van der Waals surface area contributed by atoms with Crippen LogP contribution < -0.4 is 22.1 Å². The van der Waals surface area contributed by atoms with E-state index in [4.69, 9.17) is 11.5 Å². The van der Waals surface area contributed by atoms with E-state index in [-0.39, 0.29) is 0 Å². The van der Waals surface area contributed by atoms with Crippen LogP contribution in [0.4, 0.5) is 22.7 Å². The van der Waals surface area contributed by atoms with Crippen LogP contribution in [0, 0.1) is 13.8 Å². The van der Waals surface area contributed by atoms with Crippen molar-refractivity contribution in [2.45, 2.75) is 20.8 Å². The highest BCUT2D eigenvalue weighted by molar-refractivity contribution is 5.57. The van der Waals surface area contributed by atoms with Gasteiger partial charge in [0.25, 0.3) is 0 Å². The van der Waals surface area contributed by atoms with Gasteiger partial charge in [0, 0.05) is 22.7 Å². The van der Waals surface area contributed by atoms with Crippen molar-refractivity contribution >= 4 is 22.7 Å². The van der Waals surface area contributed by atoms with Gasteiger partial charge in [0.05, 0.1) is 39.8 Å². The molecule has 0 aliphatic carbocycles. The van der Waals surface area contributed by atoms with Crippen LogP contribution in [0.1, 0.15) is 18.1 Å². The summed E-state index contributed by atoms with van der Waals surface area (Å²) >= 11 is 0. The van der Waals surface area contributed by atoms with Crippen molar-refractivity contribution in [3.63, 3.8) is 0 Å². The fraction of sp³-hybridized carbons (Fsp3) is 0.429. The van der Waals surface area contributed by atoms with Crippen LogP contribution in [-0.2, 0) is 0 Å². The summed E-state index contributed by atoms with van der Waals surface area (Å²) in [5.74, 6) is 0. The Labute approximate surface area is 158 Å². The number of hydrogen-bond acceptors (Lipinski definition) is 4. The molecule has 0 heterocycles. The average Bonchev–Trinajstić information content (AvgIpc) is 2.61. The monoisotopic (exact) mass is 356 g/mol. The number of likely N-dealkylation sites (N-methyl/N-ethyl adjacent to an activating group) is 1. The zero-order valence-corrected chi connectivity index (χ0v) is 16.6. The second-order valence-corrected chi connectivity index (χ2v) is 7.38. The number of nitrogens with two attached hydrogens (primary N) is 2. The van der Waals surface area contributed by atoms with E-state index in [9.17, 15) is 0 Å². The van der Waals surface area contributed by atoms with E-state index in [0.29, 0.717) is 0 Å². The third kappa shape index (κ3) is 5.56. The molecule has 2 aromatic rings. The van der Waals surface area contributed by atoms with E-state index in [1.165, 1.54) is 0 Å². The van der Waals surface area contributed by atoms with E-state index in [0.717, 1.165) is 71.1 Å². The Hall–Kier alpha value is -2.40. The summed E-state index contributed by atoms with van der Waals surface area (Å²) in [6, 6.07) is 12.2. The summed E-state index contributed by atoms with van der Waals surface area (Å²) in [6.45, 7) is 11.5. The van der Waals surface area contributed by atoms with Gasteiger partial charge in [0.2, 0.25) is 0 Å².